The standard InChI is InChI=1S/3C4H6O3.Eu/c3*1-3(5)2-4(6)7;/h3*2H2,1H3,(H,6,7);/q;;;+3/p-3. The van der Waals surface area contributed by atoms with Gasteiger partial charge in [-0.3, -0.25) is 14.4 Å². The normalized spacial score (nSPS) is 7.77. The fraction of sp³-hybridized carbons (Fsp3) is 0.500. The van der Waals surface area contributed by atoms with E-state index >= 15 is 0 Å². The van der Waals surface area contributed by atoms with Crippen molar-refractivity contribution in [2.75, 3.05) is 0 Å². The second-order valence-corrected chi connectivity index (χ2v) is 3.75. The smallest absolute Gasteiger partial charge is 0.550 e. The van der Waals surface area contributed by atoms with Gasteiger partial charge in [0.2, 0.25) is 0 Å². The molecule has 0 aromatic carbocycles. The van der Waals surface area contributed by atoms with Crippen LogP contribution in [0, 0.1) is 49.4 Å². The summed E-state index contributed by atoms with van der Waals surface area (Å²) in [4.78, 5) is 57.9. The zero-order valence-electron chi connectivity index (χ0n) is 12.2. The topological polar surface area (TPSA) is 172 Å². The van der Waals surface area contributed by atoms with Gasteiger partial charge in [0.15, 0.2) is 0 Å². The molecule has 0 radical (unpaired) electrons. The molecule has 0 aromatic heterocycles. The Labute approximate surface area is 167 Å². The zero-order chi connectivity index (χ0) is 17.6. The van der Waals surface area contributed by atoms with Gasteiger partial charge in [-0.2, -0.15) is 0 Å². The Morgan fingerprint density at radius 3 is 0.682 bits per heavy atom. The molecule has 10 heteroatoms. The summed E-state index contributed by atoms with van der Waals surface area (Å²) in [5.41, 5.74) is 0. The van der Waals surface area contributed by atoms with Crippen LogP contribution >= 0.6 is 0 Å². The molecule has 124 valence electrons. The average Bonchev–Trinajstić information content (AvgIpc) is 2.10. The summed E-state index contributed by atoms with van der Waals surface area (Å²) in [6.45, 7) is 3.61. The zero-order valence-corrected chi connectivity index (χ0v) is 14.6. The number of carboxylic acids is 3. The van der Waals surface area contributed by atoms with E-state index in [1.807, 2.05) is 0 Å². The Morgan fingerprint density at radius 1 is 0.545 bits per heavy atom. The van der Waals surface area contributed by atoms with Crippen molar-refractivity contribution in [3.8, 4) is 0 Å². The maximum atomic E-state index is 9.83. The fourth-order valence-corrected chi connectivity index (χ4v) is 0.610. The minimum atomic E-state index is -1.31. The quantitative estimate of drug-likeness (QED) is 0.364. The van der Waals surface area contributed by atoms with Crippen LogP contribution in [0.4, 0.5) is 0 Å². The van der Waals surface area contributed by atoms with Gasteiger partial charge in [-0.05, 0) is 20.8 Å². The SMILES string of the molecule is CC(=O)CC(=O)[O-].CC(=O)CC(=O)[O-].CC(=O)CC(=O)[O-].[Eu+3]. The molecule has 0 aromatic rings. The second kappa shape index (κ2) is 18.1. The molecule has 0 unspecified atom stereocenters. The fourth-order valence-electron chi connectivity index (χ4n) is 0.610. The number of Topliss-reactive ketones (excluding diaryl/α,β-unsaturated/α-hetero) is 3. The third kappa shape index (κ3) is 50.9. The van der Waals surface area contributed by atoms with E-state index in [0.29, 0.717) is 0 Å². The van der Waals surface area contributed by atoms with Crippen LogP contribution in [0.2, 0.25) is 0 Å². The summed E-state index contributed by atoms with van der Waals surface area (Å²) in [5, 5.41) is 28.4. The van der Waals surface area contributed by atoms with E-state index in [2.05, 4.69) is 0 Å². The number of aliphatic carboxylic acids is 3. The van der Waals surface area contributed by atoms with Crippen molar-refractivity contribution < 1.29 is 93.5 Å². The molecule has 0 amide bonds. The predicted octanol–water partition coefficient (Wildman–Crippen LogP) is -3.85. The Morgan fingerprint density at radius 2 is 0.682 bits per heavy atom. The van der Waals surface area contributed by atoms with E-state index in [-0.39, 0.29) is 66.7 Å². The van der Waals surface area contributed by atoms with Gasteiger partial charge in [-0.15, -0.1) is 0 Å². The molecular formula is C12H15EuO9. The van der Waals surface area contributed by atoms with Gasteiger partial charge in [0.05, 0.1) is 0 Å². The van der Waals surface area contributed by atoms with Gasteiger partial charge in [0, 0.05) is 37.2 Å². The molecule has 0 aliphatic carbocycles. The second-order valence-electron chi connectivity index (χ2n) is 3.75. The van der Waals surface area contributed by atoms with Gasteiger partial charge in [0.1, 0.15) is 17.3 Å². The number of rotatable bonds is 6. The van der Waals surface area contributed by atoms with Gasteiger partial charge in [-0.1, -0.05) is 0 Å². The van der Waals surface area contributed by atoms with E-state index < -0.39 is 37.2 Å². The Hall–Kier alpha value is -0.996. The van der Waals surface area contributed by atoms with E-state index in [1.165, 1.54) is 20.8 Å². The molecule has 0 aliphatic heterocycles. The Balaban J connectivity index is -0.000000108. The molecule has 0 saturated heterocycles. The van der Waals surface area contributed by atoms with Crippen LogP contribution in [-0.2, 0) is 28.8 Å². The molecule has 0 heterocycles. The minimum absolute atomic E-state index is 0. The van der Waals surface area contributed by atoms with Crippen molar-refractivity contribution in [3.63, 3.8) is 0 Å². The van der Waals surface area contributed by atoms with Crippen molar-refractivity contribution in [2.45, 2.75) is 40.0 Å². The molecule has 0 atom stereocenters. The molecular weight excluding hydrogens is 440 g/mol. The number of hydrogen-bond acceptors (Lipinski definition) is 9. The number of hydrogen-bond donors (Lipinski definition) is 0. The summed E-state index contributed by atoms with van der Waals surface area (Å²) >= 11 is 0. The predicted molar refractivity (Wildman–Crippen MR) is 60.9 cm³/mol. The molecule has 0 fully saturated rings. The summed E-state index contributed by atoms with van der Waals surface area (Å²) in [6, 6.07) is 0. The summed E-state index contributed by atoms with van der Waals surface area (Å²) in [6.07, 6.45) is -1.42. The van der Waals surface area contributed by atoms with Gasteiger partial charge < -0.3 is 29.7 Å². The van der Waals surface area contributed by atoms with Crippen molar-refractivity contribution in [2.24, 2.45) is 0 Å². The van der Waals surface area contributed by atoms with Crippen LogP contribution in [0.15, 0.2) is 0 Å². The maximum absolute atomic E-state index is 9.83. The molecule has 9 nitrogen and oxygen atoms in total. The van der Waals surface area contributed by atoms with Crippen molar-refractivity contribution >= 4 is 35.3 Å². The van der Waals surface area contributed by atoms with Crippen molar-refractivity contribution in [3.05, 3.63) is 0 Å². The van der Waals surface area contributed by atoms with Crippen LogP contribution in [-0.4, -0.2) is 35.3 Å². The first kappa shape index (κ1) is 29.1. The van der Waals surface area contributed by atoms with Crippen molar-refractivity contribution in [1.29, 1.82) is 0 Å². The largest absolute Gasteiger partial charge is 3.00 e. The van der Waals surface area contributed by atoms with Crippen LogP contribution in [0.25, 0.3) is 0 Å². The molecule has 0 bridgehead atoms. The first-order chi connectivity index (χ1) is 9.38. The van der Waals surface area contributed by atoms with Gasteiger partial charge in [-0.25, -0.2) is 0 Å². The van der Waals surface area contributed by atoms with E-state index in [1.54, 1.807) is 0 Å². The Bertz CT molecular complexity index is 317. The van der Waals surface area contributed by atoms with E-state index in [9.17, 15) is 44.1 Å². The monoisotopic (exact) mass is 456 g/mol. The number of carbonyl (C=O) groups is 6. The molecule has 0 N–H and O–H groups in total. The molecule has 0 aliphatic rings. The van der Waals surface area contributed by atoms with Gasteiger partial charge >= 0.3 is 49.4 Å². The summed E-state index contributed by atoms with van der Waals surface area (Å²) in [7, 11) is 0. The van der Waals surface area contributed by atoms with Crippen LogP contribution in [0.3, 0.4) is 0 Å². The average molecular weight is 455 g/mol. The van der Waals surface area contributed by atoms with Crippen LogP contribution < -0.4 is 15.3 Å². The first-order valence-corrected chi connectivity index (χ1v) is 5.46. The Kier molecular flexibility index (Phi) is 23.9. The number of carboxylic acid groups (broad SMARTS) is 3. The maximum Gasteiger partial charge on any atom is 3.00 e. The summed E-state index contributed by atoms with van der Waals surface area (Å²) in [5.74, 6) is -5.06. The van der Waals surface area contributed by atoms with Gasteiger partial charge in [0.25, 0.3) is 0 Å². The van der Waals surface area contributed by atoms with Crippen LogP contribution in [0.1, 0.15) is 40.0 Å². The van der Waals surface area contributed by atoms with Crippen molar-refractivity contribution in [1.82, 2.24) is 0 Å². The summed E-state index contributed by atoms with van der Waals surface area (Å²) < 4.78 is 0. The molecule has 0 saturated carbocycles. The minimum Gasteiger partial charge on any atom is -0.550 e. The van der Waals surface area contributed by atoms with E-state index in [0.717, 1.165) is 0 Å². The molecule has 0 rings (SSSR count). The third-order valence-corrected chi connectivity index (χ3v) is 1.18. The van der Waals surface area contributed by atoms with E-state index in [4.69, 9.17) is 0 Å². The molecule has 22 heavy (non-hydrogen) atoms. The molecule has 0 spiro atoms. The third-order valence-electron chi connectivity index (χ3n) is 1.18. The first-order valence-electron chi connectivity index (χ1n) is 5.46. The number of ketones is 3. The number of carbonyl (C=O) groups excluding carboxylic acids is 6. The van der Waals surface area contributed by atoms with Crippen LogP contribution in [0.5, 0.6) is 0 Å².